The standard InChI is InChI=1S/2C13H13N.3C12H12N2.2C11H11N3/c1-9-13-11(8-14(9)2)7-10-5-3-4-6-12(10)13;1-9-12-7-10-5-3-4-6-11(10)13(12)8-14(9)2;1-9-7-13-8-11-5-3-4-6-14(11)12(13)10(9)2;2*1-8-9(2)14-11-6-4-3-5-10(11)7-12(14)13-8;2*1-8-9(2)14-7-10-5-3-4-6-13(10)11(14)12-8/h2*3-6,8H,7H2,1-2H3;3-8H,1-2H3;2*3-6H,7H2,1-2H3;2*3-7H,1-2H3. The third-order valence-electron chi connectivity index (χ3n) is 20.9. The lowest BCUT2D eigenvalue weighted by atomic mass is 10.1. The lowest BCUT2D eigenvalue weighted by molar-refractivity contribution is 0.871. The number of aryl methyl sites for hydroxylation is 10. The van der Waals surface area contributed by atoms with E-state index in [9.17, 15) is 0 Å². The zero-order valence-electron chi connectivity index (χ0n) is 58.7. The molecule has 490 valence electrons. The molecule has 13 aromatic heterocycles. The van der Waals surface area contributed by atoms with Crippen LogP contribution in [0, 0.1) is 83.1 Å². The highest BCUT2D eigenvalue weighted by Gasteiger charge is 2.26. The second-order valence-electron chi connectivity index (χ2n) is 26.7. The van der Waals surface area contributed by atoms with Crippen LogP contribution in [0.15, 0.2) is 207 Å². The number of hydrogen-bond acceptors (Lipinski definition) is 4. The molecule has 21 rings (SSSR count). The maximum absolute atomic E-state index is 4.57. The number of fused-ring (bicyclic) bond motifs is 21. The molecule has 0 unspecified atom stereocenters. The van der Waals surface area contributed by atoms with Crippen LogP contribution in [-0.2, 0) is 39.8 Å². The van der Waals surface area contributed by atoms with Crippen LogP contribution in [0.3, 0.4) is 0 Å². The Kier molecular flexibility index (Phi) is 16.0. The molecule has 0 fully saturated rings. The minimum Gasteiger partial charge on any atom is -0.354 e. The molecule has 0 atom stereocenters. The van der Waals surface area contributed by atoms with Crippen molar-refractivity contribution in [2.45, 2.75) is 109 Å². The molecule has 2 aliphatic heterocycles. The molecule has 14 heteroatoms. The summed E-state index contributed by atoms with van der Waals surface area (Å²) in [7, 11) is 4.24. The molecule has 2 aliphatic carbocycles. The first-order valence-corrected chi connectivity index (χ1v) is 34.0. The molecule has 0 amide bonds. The number of imidazole rings is 7. The predicted molar refractivity (Wildman–Crippen MR) is 398 cm³/mol. The van der Waals surface area contributed by atoms with Gasteiger partial charge in [-0.2, -0.15) is 0 Å². The third-order valence-corrected chi connectivity index (χ3v) is 20.9. The van der Waals surface area contributed by atoms with Crippen molar-refractivity contribution in [1.29, 1.82) is 0 Å². The van der Waals surface area contributed by atoms with Crippen LogP contribution in [0.2, 0.25) is 0 Å². The number of rotatable bonds is 0. The van der Waals surface area contributed by atoms with E-state index in [4.69, 9.17) is 0 Å². The Balaban J connectivity index is 0.0000000933. The Morgan fingerprint density at radius 3 is 1.30 bits per heavy atom. The molecule has 4 aliphatic rings. The molecule has 17 aromatic rings. The van der Waals surface area contributed by atoms with Gasteiger partial charge in [0.05, 0.1) is 50.7 Å². The van der Waals surface area contributed by atoms with Gasteiger partial charge in [0.2, 0.25) is 11.6 Å². The monoisotopic (exact) mass is 1290 g/mol. The molecule has 0 N–H and O–H groups in total. The zero-order chi connectivity index (χ0) is 67.9. The van der Waals surface area contributed by atoms with Crippen molar-refractivity contribution in [3.63, 3.8) is 0 Å². The van der Waals surface area contributed by atoms with Crippen molar-refractivity contribution in [3.05, 3.63) is 321 Å². The average Bonchev–Trinajstić information content (AvgIpc) is 1.66. The molecule has 0 saturated carbocycles. The molecule has 0 saturated heterocycles. The van der Waals surface area contributed by atoms with Gasteiger partial charge >= 0.3 is 0 Å². The number of aromatic nitrogens is 14. The molecule has 4 aromatic carbocycles. The first kappa shape index (κ1) is 62.7. The summed E-state index contributed by atoms with van der Waals surface area (Å²) in [5.74, 6) is 4.36. The van der Waals surface area contributed by atoms with Crippen LogP contribution >= 0.6 is 0 Å². The summed E-state index contributed by atoms with van der Waals surface area (Å²) in [6, 6.07) is 53.0. The van der Waals surface area contributed by atoms with Gasteiger partial charge in [-0.15, -0.1) is 0 Å². The first-order valence-electron chi connectivity index (χ1n) is 34.0. The largest absolute Gasteiger partial charge is 0.354 e. The number of benzene rings is 4. The van der Waals surface area contributed by atoms with Gasteiger partial charge in [0.15, 0.2) is 0 Å². The van der Waals surface area contributed by atoms with E-state index in [-0.39, 0.29) is 0 Å². The van der Waals surface area contributed by atoms with Gasteiger partial charge in [0.25, 0.3) is 0 Å². The maximum atomic E-state index is 4.57. The Morgan fingerprint density at radius 1 is 0.316 bits per heavy atom. The molecule has 0 radical (unpaired) electrons. The van der Waals surface area contributed by atoms with Crippen molar-refractivity contribution < 1.29 is 0 Å². The zero-order valence-corrected chi connectivity index (χ0v) is 58.7. The van der Waals surface area contributed by atoms with Crippen molar-refractivity contribution in [3.8, 4) is 33.6 Å². The fourth-order valence-electron chi connectivity index (χ4n) is 14.8. The lowest BCUT2D eigenvalue weighted by Gasteiger charge is -2.03. The average molecular weight is 1290 g/mol. The fourth-order valence-corrected chi connectivity index (χ4v) is 14.8. The summed E-state index contributed by atoms with van der Waals surface area (Å²) < 4.78 is 21.9. The number of pyridine rings is 3. The highest BCUT2D eigenvalue weighted by Crippen LogP contribution is 2.41. The van der Waals surface area contributed by atoms with Gasteiger partial charge in [0.1, 0.15) is 17.3 Å². The summed E-state index contributed by atoms with van der Waals surface area (Å²) in [4.78, 5) is 18.2. The highest BCUT2D eigenvalue weighted by molar-refractivity contribution is 5.79. The van der Waals surface area contributed by atoms with Crippen LogP contribution in [0.1, 0.15) is 113 Å². The van der Waals surface area contributed by atoms with E-state index in [1.54, 1.807) is 0 Å². The molecule has 0 spiro atoms. The highest BCUT2D eigenvalue weighted by atomic mass is 15.2. The van der Waals surface area contributed by atoms with Gasteiger partial charge in [-0.05, 0) is 187 Å². The van der Waals surface area contributed by atoms with E-state index in [0.29, 0.717) is 0 Å². The predicted octanol–water partition coefficient (Wildman–Crippen LogP) is 17.8. The molecule has 0 bridgehead atoms. The van der Waals surface area contributed by atoms with Gasteiger partial charge in [-0.1, -0.05) is 103 Å². The summed E-state index contributed by atoms with van der Waals surface area (Å²) >= 11 is 0. The minimum absolute atomic E-state index is 0.977. The smallest absolute Gasteiger partial charge is 0.219 e. The molecular weight excluding hydrogens is 1210 g/mol. The van der Waals surface area contributed by atoms with Gasteiger partial charge in [-0.3, -0.25) is 17.6 Å². The first-order chi connectivity index (χ1) is 47.4. The van der Waals surface area contributed by atoms with E-state index in [1.807, 2.05) is 50.5 Å². The van der Waals surface area contributed by atoms with Crippen LogP contribution < -0.4 is 0 Å². The van der Waals surface area contributed by atoms with Gasteiger partial charge < -0.3 is 27.1 Å². The van der Waals surface area contributed by atoms with E-state index in [1.165, 1.54) is 146 Å². The van der Waals surface area contributed by atoms with E-state index in [0.717, 1.165) is 60.0 Å². The molecular formula is C84H84N14. The second kappa shape index (κ2) is 25.0. The third kappa shape index (κ3) is 10.8. The minimum atomic E-state index is 0.977. The summed E-state index contributed by atoms with van der Waals surface area (Å²) in [6.45, 7) is 25.4. The van der Waals surface area contributed by atoms with Crippen molar-refractivity contribution in [2.75, 3.05) is 0 Å². The quantitative estimate of drug-likeness (QED) is 0.151. The lowest BCUT2D eigenvalue weighted by Crippen LogP contribution is -1.94. The van der Waals surface area contributed by atoms with Crippen LogP contribution in [-0.4, -0.2) is 64.6 Å². The van der Waals surface area contributed by atoms with Crippen molar-refractivity contribution in [1.82, 2.24) is 64.6 Å². The molecule has 14 nitrogen and oxygen atoms in total. The maximum Gasteiger partial charge on any atom is 0.219 e. The van der Waals surface area contributed by atoms with Crippen LogP contribution in [0.4, 0.5) is 0 Å². The molecule has 15 heterocycles. The Hall–Kier alpha value is -11.4. The van der Waals surface area contributed by atoms with Crippen molar-refractivity contribution >= 4 is 33.8 Å². The van der Waals surface area contributed by atoms with Gasteiger partial charge in [-0.25, -0.2) is 19.9 Å². The Bertz CT molecular complexity index is 5550. The Morgan fingerprint density at radius 2 is 0.755 bits per heavy atom. The normalized spacial score (nSPS) is 12.2. The SMILES string of the molecule is Cc1c2c(cn1C)-c1ccccc1C2.Cc1c2c(cn1C)Cc1ccccc1-2.Cc1cn2cc3ccccn3c2c1C.Cc1nc2n(c1C)-c1ccccc1C2.Cc1nc2n(c1C)-c1ccccc1C2.Cc1nc2n(cc3ccccn32)c1C.Cc1nc2n(cc3ccccn32)c1C. The fraction of sp³-hybridized carbons (Fsp3) is 0.214. The van der Waals surface area contributed by atoms with E-state index in [2.05, 4.69) is 319 Å². The summed E-state index contributed by atoms with van der Waals surface area (Å²) in [5.41, 5.74) is 36.9. The van der Waals surface area contributed by atoms with Crippen LogP contribution in [0.5, 0.6) is 0 Å². The topological polar surface area (TPSA) is 97.7 Å². The summed E-state index contributed by atoms with van der Waals surface area (Å²) in [5, 5.41) is 0. The number of nitrogens with zero attached hydrogens (tertiary/aromatic N) is 14. The number of hydrogen-bond donors (Lipinski definition) is 0. The van der Waals surface area contributed by atoms with E-state index >= 15 is 0 Å². The van der Waals surface area contributed by atoms with E-state index < -0.39 is 0 Å². The second-order valence-corrected chi connectivity index (χ2v) is 26.7. The van der Waals surface area contributed by atoms with Crippen LogP contribution in [0.25, 0.3) is 67.4 Å². The Labute approximate surface area is 572 Å². The van der Waals surface area contributed by atoms with Gasteiger partial charge in [0, 0.05) is 141 Å². The number of para-hydroxylation sites is 2. The molecule has 98 heavy (non-hydrogen) atoms. The summed E-state index contributed by atoms with van der Waals surface area (Å²) in [6.07, 6.45) is 23.4. The van der Waals surface area contributed by atoms with Crippen molar-refractivity contribution in [2.24, 2.45) is 14.1 Å².